The first-order valence-corrected chi connectivity index (χ1v) is 11.8. The lowest BCUT2D eigenvalue weighted by atomic mass is 9.82. The van der Waals surface area contributed by atoms with Crippen LogP contribution in [0.1, 0.15) is 18.9 Å². The Morgan fingerprint density at radius 2 is 1.73 bits per heavy atom. The van der Waals surface area contributed by atoms with Crippen LogP contribution in [0, 0.1) is 0 Å². The second-order valence-corrected chi connectivity index (χ2v) is 9.25. The lowest BCUT2D eigenvalue weighted by Gasteiger charge is -2.34. The summed E-state index contributed by atoms with van der Waals surface area (Å²) in [6, 6.07) is 18.9. The highest BCUT2D eigenvalue weighted by atomic mass is 32.2. The summed E-state index contributed by atoms with van der Waals surface area (Å²) in [5.41, 5.74) is 2.91. The molecule has 3 N–H and O–H groups in total. The second-order valence-electron chi connectivity index (χ2n) is 8.10. The number of benzene rings is 2. The highest BCUT2D eigenvalue weighted by Gasteiger charge is 2.49. The van der Waals surface area contributed by atoms with Gasteiger partial charge in [-0.25, -0.2) is 4.98 Å². The minimum Gasteiger partial charge on any atom is -0.371 e. The molecule has 1 aliphatic rings. The Morgan fingerprint density at radius 1 is 0.939 bits per heavy atom. The first kappa shape index (κ1) is 21.3. The molecule has 1 fully saturated rings. The van der Waals surface area contributed by atoms with E-state index in [1.165, 1.54) is 0 Å². The molecule has 2 aromatic heterocycles. The van der Waals surface area contributed by atoms with E-state index < -0.39 is 23.7 Å². The minimum absolute atomic E-state index is 0.417. The van der Waals surface area contributed by atoms with Crippen LogP contribution in [0.3, 0.4) is 0 Å². The summed E-state index contributed by atoms with van der Waals surface area (Å²) in [7, 11) is 0. The number of H-pyrrole nitrogens is 1. The maximum absolute atomic E-state index is 12.4. The number of fused-ring (bicyclic) bond motifs is 1. The predicted octanol–water partition coefficient (Wildman–Crippen LogP) is 5.08. The van der Waals surface area contributed by atoms with Gasteiger partial charge in [0.1, 0.15) is 17.9 Å². The lowest BCUT2D eigenvalue weighted by molar-refractivity contribution is -0.144. The zero-order chi connectivity index (χ0) is 22.8. The third kappa shape index (κ3) is 4.36. The molecule has 33 heavy (non-hydrogen) atoms. The second kappa shape index (κ2) is 9.11. The van der Waals surface area contributed by atoms with Crippen LogP contribution in [0.2, 0.25) is 0 Å². The van der Waals surface area contributed by atoms with Crippen molar-refractivity contribution in [2.75, 3.05) is 10.6 Å². The van der Waals surface area contributed by atoms with Crippen molar-refractivity contribution in [2.45, 2.75) is 41.6 Å². The highest BCUT2D eigenvalue weighted by molar-refractivity contribution is 7.99. The molecule has 0 saturated heterocycles. The number of anilines is 2. The fourth-order valence-corrected chi connectivity index (χ4v) is 4.87. The van der Waals surface area contributed by atoms with Gasteiger partial charge in [0.2, 0.25) is 11.6 Å². The van der Waals surface area contributed by atoms with Gasteiger partial charge in [0.25, 0.3) is 0 Å². The molecule has 2 aromatic carbocycles. The number of pyridine rings is 1. The molecule has 0 bridgehead atoms. The molecule has 2 heterocycles. The maximum atomic E-state index is 12.4. The molecule has 1 aliphatic carbocycles. The largest absolute Gasteiger partial charge is 0.371 e. The molecule has 6 nitrogen and oxygen atoms in total. The monoisotopic (exact) mass is 456 g/mol. The van der Waals surface area contributed by atoms with E-state index in [9.17, 15) is 9.59 Å². The quantitative estimate of drug-likeness (QED) is 0.321. The van der Waals surface area contributed by atoms with E-state index in [1.807, 2.05) is 48.8 Å². The first-order valence-electron chi connectivity index (χ1n) is 11.0. The van der Waals surface area contributed by atoms with Gasteiger partial charge in [-0.2, -0.15) is 0 Å². The maximum Gasteiger partial charge on any atom is 0.225 e. The van der Waals surface area contributed by atoms with Gasteiger partial charge in [-0.15, -0.1) is 0 Å². The van der Waals surface area contributed by atoms with Crippen LogP contribution in [-0.2, 0) is 16.0 Å². The summed E-state index contributed by atoms with van der Waals surface area (Å²) in [5.74, 6) is -0.251. The van der Waals surface area contributed by atoms with E-state index in [0.29, 0.717) is 5.82 Å². The Morgan fingerprint density at radius 3 is 2.45 bits per heavy atom. The van der Waals surface area contributed by atoms with Gasteiger partial charge in [-0.1, -0.05) is 49.4 Å². The third-order valence-electron chi connectivity index (χ3n) is 5.75. The number of hydrogen-bond acceptors (Lipinski definition) is 6. The number of aromatic nitrogens is 2. The Balaban J connectivity index is 1.33. The smallest absolute Gasteiger partial charge is 0.225 e. The fraction of sp³-hybridized carbons (Fsp3) is 0.192. The Hall–Kier alpha value is -3.58. The van der Waals surface area contributed by atoms with Crippen molar-refractivity contribution in [2.24, 2.45) is 0 Å². The van der Waals surface area contributed by atoms with Crippen LogP contribution in [0.4, 0.5) is 11.5 Å². The predicted molar refractivity (Wildman–Crippen MR) is 132 cm³/mol. The van der Waals surface area contributed by atoms with Gasteiger partial charge in [0.05, 0.1) is 5.69 Å². The van der Waals surface area contributed by atoms with Crippen LogP contribution in [0.25, 0.3) is 10.9 Å². The summed E-state index contributed by atoms with van der Waals surface area (Å²) in [6.07, 6.45) is 5.66. The summed E-state index contributed by atoms with van der Waals surface area (Å²) in [4.78, 5) is 34.6. The number of ketones is 2. The number of nitrogens with one attached hydrogen (secondary N) is 3. The summed E-state index contributed by atoms with van der Waals surface area (Å²) in [6.45, 7) is 2.12. The number of hydrogen-bond donors (Lipinski definition) is 3. The van der Waals surface area contributed by atoms with Crippen molar-refractivity contribution in [1.82, 2.24) is 9.97 Å². The number of aromatic amines is 1. The molecule has 0 aliphatic heterocycles. The van der Waals surface area contributed by atoms with Gasteiger partial charge < -0.3 is 15.6 Å². The standard InChI is InChI=1S/C26H24N4O2S/c1-2-6-16-9-12-22(28-14-16)30-24-23(25(31)26(24)32)29-21-15-27-20-11-10-18(13-19(20)21)33-17-7-4-3-5-8-17/h3-5,7-15,23-24,27,29H,2,6H2,1H3,(H,28,30). The van der Waals surface area contributed by atoms with Crippen molar-refractivity contribution in [3.63, 3.8) is 0 Å². The molecular formula is C26H24N4O2S. The molecule has 7 heteroatoms. The third-order valence-corrected chi connectivity index (χ3v) is 6.75. The molecule has 2 unspecified atom stereocenters. The summed E-state index contributed by atoms with van der Waals surface area (Å²) >= 11 is 1.68. The number of nitrogens with zero attached hydrogens (tertiary/aromatic N) is 1. The number of rotatable bonds is 8. The average Bonchev–Trinajstić information content (AvgIpc) is 3.25. The zero-order valence-electron chi connectivity index (χ0n) is 18.2. The van der Waals surface area contributed by atoms with E-state index >= 15 is 0 Å². The van der Waals surface area contributed by atoms with Gasteiger partial charge in [-0.05, 0) is 48.4 Å². The number of carbonyl (C=O) groups excluding carboxylic acids is 2. The molecule has 166 valence electrons. The highest BCUT2D eigenvalue weighted by Crippen LogP contribution is 2.33. The van der Waals surface area contributed by atoms with Crippen molar-refractivity contribution in [3.8, 4) is 0 Å². The van der Waals surface area contributed by atoms with E-state index in [2.05, 4.69) is 51.8 Å². The van der Waals surface area contributed by atoms with Crippen molar-refractivity contribution >= 4 is 45.7 Å². The number of Topliss-reactive ketones (excluding diaryl/α,β-unsaturated/α-hetero) is 2. The molecule has 1 saturated carbocycles. The Labute approximate surface area is 196 Å². The van der Waals surface area contributed by atoms with E-state index in [-0.39, 0.29) is 0 Å². The topological polar surface area (TPSA) is 86.9 Å². The zero-order valence-corrected chi connectivity index (χ0v) is 19.0. The van der Waals surface area contributed by atoms with Gasteiger partial charge >= 0.3 is 0 Å². The lowest BCUT2D eigenvalue weighted by Crippen LogP contribution is -2.64. The fourth-order valence-electron chi connectivity index (χ4n) is 3.99. The molecule has 5 rings (SSSR count). The normalized spacial score (nSPS) is 17.7. The summed E-state index contributed by atoms with van der Waals surface area (Å²) in [5, 5.41) is 7.37. The van der Waals surface area contributed by atoms with Crippen molar-refractivity contribution in [1.29, 1.82) is 0 Å². The SMILES string of the molecule is CCCc1ccc(NC2C(=O)C(=O)C2Nc2c[nH]c3ccc(Sc4ccccc4)cc23)nc1. The molecule has 0 spiro atoms. The van der Waals surface area contributed by atoms with Crippen LogP contribution >= 0.6 is 11.8 Å². The van der Waals surface area contributed by atoms with Crippen LogP contribution < -0.4 is 10.6 Å². The molecule has 4 aromatic rings. The van der Waals surface area contributed by atoms with Crippen LogP contribution in [0.15, 0.2) is 82.8 Å². The van der Waals surface area contributed by atoms with E-state index in [1.54, 1.807) is 11.8 Å². The average molecular weight is 457 g/mol. The van der Waals surface area contributed by atoms with Crippen LogP contribution in [-0.4, -0.2) is 33.6 Å². The Kier molecular flexibility index (Phi) is 5.88. The van der Waals surface area contributed by atoms with Gasteiger partial charge in [0, 0.05) is 33.1 Å². The van der Waals surface area contributed by atoms with Gasteiger partial charge in [-0.3, -0.25) is 9.59 Å². The first-order chi connectivity index (χ1) is 16.1. The molecule has 0 amide bonds. The molecular weight excluding hydrogens is 432 g/mol. The number of aryl methyl sites for hydroxylation is 1. The number of carbonyl (C=O) groups is 2. The van der Waals surface area contributed by atoms with Gasteiger partial charge in [0.15, 0.2) is 0 Å². The minimum atomic E-state index is -0.645. The van der Waals surface area contributed by atoms with Crippen molar-refractivity contribution < 1.29 is 9.59 Å². The summed E-state index contributed by atoms with van der Waals surface area (Å²) < 4.78 is 0. The van der Waals surface area contributed by atoms with Crippen molar-refractivity contribution in [3.05, 3.63) is 78.6 Å². The van der Waals surface area contributed by atoms with Crippen LogP contribution in [0.5, 0.6) is 0 Å². The molecule has 2 atom stereocenters. The Bertz CT molecular complexity index is 1300. The van der Waals surface area contributed by atoms with E-state index in [0.717, 1.165) is 44.8 Å². The molecule has 0 radical (unpaired) electrons. The van der Waals surface area contributed by atoms with E-state index in [4.69, 9.17) is 0 Å².